The van der Waals surface area contributed by atoms with Gasteiger partial charge in [0.2, 0.25) is 17.7 Å². The van der Waals surface area contributed by atoms with Gasteiger partial charge in [-0.1, -0.05) is 45.4 Å². The van der Waals surface area contributed by atoms with E-state index in [0.717, 1.165) is 77.0 Å². The van der Waals surface area contributed by atoms with Crippen molar-refractivity contribution in [2.45, 2.75) is 96.8 Å². The van der Waals surface area contributed by atoms with Crippen LogP contribution in [0.4, 0.5) is 17.1 Å². The number of benzene rings is 1. The minimum atomic E-state index is 0.0250. The first kappa shape index (κ1) is 24.7. The molecule has 3 aliphatic rings. The van der Waals surface area contributed by atoms with Crippen LogP contribution < -0.4 is 16.0 Å². The van der Waals surface area contributed by atoms with E-state index in [-0.39, 0.29) is 35.5 Å². The summed E-state index contributed by atoms with van der Waals surface area (Å²) in [5, 5.41) is 9.20. The molecule has 34 heavy (non-hydrogen) atoms. The highest BCUT2D eigenvalue weighted by Crippen LogP contribution is 2.32. The molecule has 0 bridgehead atoms. The maximum atomic E-state index is 13.0. The van der Waals surface area contributed by atoms with Crippen molar-refractivity contribution < 1.29 is 14.4 Å². The van der Waals surface area contributed by atoms with Gasteiger partial charge in [-0.25, -0.2) is 0 Å². The fraction of sp³-hybridized carbons (Fsp3) is 0.679. The molecule has 0 atom stereocenters. The Bertz CT molecular complexity index is 813. The van der Waals surface area contributed by atoms with Crippen molar-refractivity contribution in [3.63, 3.8) is 0 Å². The molecule has 6 nitrogen and oxygen atoms in total. The Kier molecular flexibility index (Phi) is 8.63. The van der Waals surface area contributed by atoms with E-state index in [4.69, 9.17) is 0 Å². The summed E-state index contributed by atoms with van der Waals surface area (Å²) in [7, 11) is 0. The van der Waals surface area contributed by atoms with Gasteiger partial charge < -0.3 is 16.0 Å². The van der Waals surface area contributed by atoms with Crippen LogP contribution in [0.2, 0.25) is 0 Å². The van der Waals surface area contributed by atoms with Crippen LogP contribution in [0.1, 0.15) is 96.8 Å². The van der Waals surface area contributed by atoms with Crippen molar-refractivity contribution in [3.05, 3.63) is 18.2 Å². The Morgan fingerprint density at radius 1 is 0.529 bits per heavy atom. The number of carbonyl (C=O) groups is 3. The highest BCUT2D eigenvalue weighted by Gasteiger charge is 2.26. The summed E-state index contributed by atoms with van der Waals surface area (Å²) in [6.45, 7) is 2.24. The van der Waals surface area contributed by atoms with Gasteiger partial charge in [0.25, 0.3) is 0 Å². The van der Waals surface area contributed by atoms with Crippen molar-refractivity contribution in [3.8, 4) is 0 Å². The van der Waals surface area contributed by atoms with Gasteiger partial charge in [-0.2, -0.15) is 0 Å². The van der Waals surface area contributed by atoms with E-state index in [9.17, 15) is 14.4 Å². The van der Waals surface area contributed by atoms with Crippen molar-refractivity contribution in [1.82, 2.24) is 0 Å². The minimum absolute atomic E-state index is 0.0250. The average molecular weight is 468 g/mol. The van der Waals surface area contributed by atoms with E-state index in [0.29, 0.717) is 23.0 Å². The van der Waals surface area contributed by atoms with Crippen LogP contribution in [0.15, 0.2) is 18.2 Å². The van der Waals surface area contributed by atoms with Gasteiger partial charge >= 0.3 is 0 Å². The first-order valence-electron chi connectivity index (χ1n) is 13.6. The van der Waals surface area contributed by atoms with E-state index in [1.807, 2.05) is 18.2 Å². The van der Waals surface area contributed by atoms with Crippen molar-refractivity contribution in [2.24, 2.45) is 23.7 Å². The summed E-state index contributed by atoms with van der Waals surface area (Å²) in [5.41, 5.74) is 1.89. The zero-order chi connectivity index (χ0) is 23.9. The molecule has 1 aromatic rings. The molecule has 6 heteroatoms. The minimum Gasteiger partial charge on any atom is -0.326 e. The number of nitrogens with one attached hydrogen (secondary N) is 3. The Labute approximate surface area is 204 Å². The van der Waals surface area contributed by atoms with E-state index in [1.165, 1.54) is 12.8 Å². The summed E-state index contributed by atoms with van der Waals surface area (Å²) in [5.74, 6) is 0.893. The summed E-state index contributed by atoms with van der Waals surface area (Å²) in [6, 6.07) is 5.46. The van der Waals surface area contributed by atoms with Crippen LogP contribution >= 0.6 is 0 Å². The summed E-state index contributed by atoms with van der Waals surface area (Å²) < 4.78 is 0. The fourth-order valence-corrected chi connectivity index (χ4v) is 5.83. The molecule has 0 unspecified atom stereocenters. The van der Waals surface area contributed by atoms with Crippen LogP contribution in [0, 0.1) is 23.7 Å². The van der Waals surface area contributed by atoms with Crippen LogP contribution in [0.5, 0.6) is 0 Å². The molecule has 4 rings (SSSR count). The monoisotopic (exact) mass is 467 g/mol. The molecule has 0 aromatic heterocycles. The number of hydrogen-bond donors (Lipinski definition) is 3. The summed E-state index contributed by atoms with van der Waals surface area (Å²) in [4.78, 5) is 38.7. The van der Waals surface area contributed by atoms with Gasteiger partial charge in [0.1, 0.15) is 0 Å². The highest BCUT2D eigenvalue weighted by molar-refractivity contribution is 5.99. The normalized spacial score (nSPS) is 24.3. The van der Waals surface area contributed by atoms with E-state index < -0.39 is 0 Å². The molecule has 0 heterocycles. The molecule has 3 saturated carbocycles. The molecular weight excluding hydrogens is 426 g/mol. The average Bonchev–Trinajstić information content (AvgIpc) is 2.85. The van der Waals surface area contributed by atoms with E-state index in [2.05, 4.69) is 22.9 Å². The summed E-state index contributed by atoms with van der Waals surface area (Å²) >= 11 is 0. The molecule has 1 aromatic carbocycles. The van der Waals surface area contributed by atoms with Crippen LogP contribution in [0.3, 0.4) is 0 Å². The van der Waals surface area contributed by atoms with Gasteiger partial charge in [0.15, 0.2) is 0 Å². The lowest BCUT2D eigenvalue weighted by Crippen LogP contribution is -2.27. The molecule has 0 radical (unpaired) electrons. The number of hydrogen-bond acceptors (Lipinski definition) is 3. The lowest BCUT2D eigenvalue weighted by atomic mass is 9.82. The summed E-state index contributed by atoms with van der Waals surface area (Å²) in [6.07, 6.45) is 14.5. The second-order valence-corrected chi connectivity index (χ2v) is 10.9. The topological polar surface area (TPSA) is 87.3 Å². The Balaban J connectivity index is 1.48. The second kappa shape index (κ2) is 11.9. The Hall–Kier alpha value is -2.37. The number of carbonyl (C=O) groups excluding carboxylic acids is 3. The molecular formula is C28H41N3O3. The van der Waals surface area contributed by atoms with Gasteiger partial charge in [0, 0.05) is 34.8 Å². The van der Waals surface area contributed by atoms with Gasteiger partial charge in [-0.05, 0) is 75.5 Å². The predicted octanol–water partition coefficient (Wildman–Crippen LogP) is 6.49. The number of rotatable bonds is 6. The van der Waals surface area contributed by atoms with Gasteiger partial charge in [-0.15, -0.1) is 0 Å². The maximum absolute atomic E-state index is 13.0. The third kappa shape index (κ3) is 6.83. The van der Waals surface area contributed by atoms with Crippen LogP contribution in [0.25, 0.3) is 0 Å². The van der Waals surface area contributed by atoms with Crippen molar-refractivity contribution in [2.75, 3.05) is 16.0 Å². The zero-order valence-electron chi connectivity index (χ0n) is 20.7. The quantitative estimate of drug-likeness (QED) is 0.447. The largest absolute Gasteiger partial charge is 0.326 e. The lowest BCUT2D eigenvalue weighted by molar-refractivity contribution is -0.121. The molecule has 0 spiro atoms. The second-order valence-electron chi connectivity index (χ2n) is 10.9. The molecule has 3 aliphatic carbocycles. The smallest absolute Gasteiger partial charge is 0.227 e. The molecule has 186 valence electrons. The Morgan fingerprint density at radius 3 is 1.21 bits per heavy atom. The molecule has 3 amide bonds. The predicted molar refractivity (Wildman–Crippen MR) is 137 cm³/mol. The Morgan fingerprint density at radius 2 is 0.853 bits per heavy atom. The van der Waals surface area contributed by atoms with Crippen molar-refractivity contribution in [1.29, 1.82) is 0 Å². The SMILES string of the molecule is CC1CCC(C(=O)Nc2cc(NC(=O)C3CCCCC3)cc(NC(=O)C3CCCCC3)c2)CC1. The third-order valence-corrected chi connectivity index (χ3v) is 8.07. The zero-order valence-corrected chi connectivity index (χ0v) is 20.7. The highest BCUT2D eigenvalue weighted by atomic mass is 16.2. The first-order chi connectivity index (χ1) is 16.5. The van der Waals surface area contributed by atoms with Gasteiger partial charge in [-0.3, -0.25) is 14.4 Å². The van der Waals surface area contributed by atoms with Gasteiger partial charge in [0.05, 0.1) is 0 Å². The van der Waals surface area contributed by atoms with E-state index in [1.54, 1.807) is 0 Å². The first-order valence-corrected chi connectivity index (χ1v) is 13.6. The fourth-order valence-electron chi connectivity index (χ4n) is 5.83. The molecule has 3 fully saturated rings. The van der Waals surface area contributed by atoms with Crippen LogP contribution in [-0.4, -0.2) is 17.7 Å². The number of amides is 3. The maximum Gasteiger partial charge on any atom is 0.227 e. The lowest BCUT2D eigenvalue weighted by Gasteiger charge is -2.25. The molecule has 3 N–H and O–H groups in total. The molecule has 0 saturated heterocycles. The molecule has 0 aliphatic heterocycles. The van der Waals surface area contributed by atoms with E-state index >= 15 is 0 Å². The third-order valence-electron chi connectivity index (χ3n) is 8.07. The van der Waals surface area contributed by atoms with Crippen molar-refractivity contribution >= 4 is 34.8 Å². The standard InChI is InChI=1S/C28H41N3O3/c1-19-12-14-22(15-13-19)28(34)31-25-17-23(29-26(32)20-8-4-2-5-9-20)16-24(18-25)30-27(33)21-10-6-3-7-11-21/h16-22H,2-15H2,1H3,(H,29,32)(H,30,33)(H,31,34). The number of anilines is 3. The van der Waals surface area contributed by atoms with Crippen LogP contribution in [-0.2, 0) is 14.4 Å².